The van der Waals surface area contributed by atoms with Crippen LogP contribution in [0.5, 0.6) is 0 Å². The summed E-state index contributed by atoms with van der Waals surface area (Å²) in [5, 5.41) is 0. The van der Waals surface area contributed by atoms with Crippen molar-refractivity contribution in [1.29, 1.82) is 0 Å². The second-order valence-corrected chi connectivity index (χ2v) is 6.25. The number of furan rings is 1. The van der Waals surface area contributed by atoms with Crippen LogP contribution in [0, 0.1) is 18.8 Å². The zero-order chi connectivity index (χ0) is 14.1. The van der Waals surface area contributed by atoms with Crippen LogP contribution in [-0.2, 0) is 6.54 Å². The van der Waals surface area contributed by atoms with E-state index >= 15 is 0 Å². The number of nitrogens with zero attached hydrogens (tertiary/aromatic N) is 1. The largest absolute Gasteiger partial charge is 0.456 e. The van der Waals surface area contributed by atoms with Crippen LogP contribution >= 0.6 is 0 Å². The summed E-state index contributed by atoms with van der Waals surface area (Å²) in [4.78, 5) is 14.0. The van der Waals surface area contributed by atoms with Crippen molar-refractivity contribution in [1.82, 2.24) is 10.3 Å². The first-order valence-corrected chi connectivity index (χ1v) is 7.48. The number of hydrazine groups is 1. The topological polar surface area (TPSA) is 71.5 Å². The van der Waals surface area contributed by atoms with E-state index in [-0.39, 0.29) is 5.91 Å². The Balaban J connectivity index is 1.66. The molecule has 2 aliphatic carbocycles. The minimum Gasteiger partial charge on any atom is -0.456 e. The van der Waals surface area contributed by atoms with Gasteiger partial charge < -0.3 is 4.42 Å². The molecule has 0 atom stereocenters. The molecule has 20 heavy (non-hydrogen) atoms. The Morgan fingerprint density at radius 3 is 2.45 bits per heavy atom. The van der Waals surface area contributed by atoms with Gasteiger partial charge in [-0.15, -0.1) is 0 Å². The average molecular weight is 277 g/mol. The lowest BCUT2D eigenvalue weighted by Gasteiger charge is -2.21. The Morgan fingerprint density at radius 2 is 1.95 bits per heavy atom. The number of carbonyl (C=O) groups is 1. The van der Waals surface area contributed by atoms with Gasteiger partial charge in [-0.05, 0) is 50.5 Å². The lowest BCUT2D eigenvalue weighted by molar-refractivity contribution is 0.0924. The van der Waals surface area contributed by atoms with Gasteiger partial charge in [0.25, 0.3) is 0 Å². The molecule has 0 radical (unpaired) electrons. The molecule has 1 aromatic heterocycles. The molecule has 5 heteroatoms. The van der Waals surface area contributed by atoms with E-state index in [1.165, 1.54) is 38.8 Å². The third-order valence-electron chi connectivity index (χ3n) is 4.20. The van der Waals surface area contributed by atoms with E-state index in [0.717, 1.165) is 29.7 Å². The van der Waals surface area contributed by atoms with Gasteiger partial charge in [0.2, 0.25) is 0 Å². The van der Waals surface area contributed by atoms with Crippen LogP contribution in [0.2, 0.25) is 0 Å². The molecule has 1 amide bonds. The van der Waals surface area contributed by atoms with E-state index in [9.17, 15) is 4.79 Å². The molecule has 5 nitrogen and oxygen atoms in total. The van der Waals surface area contributed by atoms with Crippen molar-refractivity contribution in [3.8, 4) is 0 Å². The van der Waals surface area contributed by atoms with Crippen LogP contribution in [0.1, 0.15) is 47.6 Å². The van der Waals surface area contributed by atoms with E-state index < -0.39 is 0 Å². The molecule has 0 unspecified atom stereocenters. The molecule has 1 aromatic rings. The normalized spacial score (nSPS) is 18.6. The molecule has 0 aromatic carbocycles. The van der Waals surface area contributed by atoms with Gasteiger partial charge in [-0.2, -0.15) is 0 Å². The van der Waals surface area contributed by atoms with Gasteiger partial charge >= 0.3 is 5.91 Å². The molecule has 110 valence electrons. The Kier molecular flexibility index (Phi) is 3.81. The summed E-state index contributed by atoms with van der Waals surface area (Å²) in [7, 11) is 0. The van der Waals surface area contributed by atoms with Gasteiger partial charge in [-0.1, -0.05) is 0 Å². The van der Waals surface area contributed by atoms with E-state index in [2.05, 4.69) is 10.3 Å². The van der Waals surface area contributed by atoms with Crippen molar-refractivity contribution in [2.24, 2.45) is 17.7 Å². The lowest BCUT2D eigenvalue weighted by Crippen LogP contribution is -2.29. The molecule has 0 aliphatic heterocycles. The van der Waals surface area contributed by atoms with Gasteiger partial charge in [0.05, 0.1) is 0 Å². The molecule has 1 heterocycles. The fraction of sp³-hybridized carbons (Fsp3) is 0.667. The summed E-state index contributed by atoms with van der Waals surface area (Å²) in [6.07, 6.45) is 5.47. The molecule has 2 saturated carbocycles. The maximum absolute atomic E-state index is 11.5. The maximum atomic E-state index is 11.5. The van der Waals surface area contributed by atoms with E-state index in [4.69, 9.17) is 10.3 Å². The first kappa shape index (κ1) is 13.6. The molecule has 0 bridgehead atoms. The fourth-order valence-electron chi connectivity index (χ4n) is 2.64. The summed E-state index contributed by atoms with van der Waals surface area (Å²) < 4.78 is 5.49. The maximum Gasteiger partial charge on any atom is 0.300 e. The van der Waals surface area contributed by atoms with E-state index in [0.29, 0.717) is 5.76 Å². The Bertz CT molecular complexity index is 475. The molecule has 2 fully saturated rings. The van der Waals surface area contributed by atoms with Crippen LogP contribution < -0.4 is 11.3 Å². The summed E-state index contributed by atoms with van der Waals surface area (Å²) in [5.41, 5.74) is 3.22. The van der Waals surface area contributed by atoms with Gasteiger partial charge in [-0.3, -0.25) is 15.1 Å². The number of amides is 1. The highest BCUT2D eigenvalue weighted by molar-refractivity contribution is 5.91. The van der Waals surface area contributed by atoms with Crippen LogP contribution in [0.3, 0.4) is 0 Å². The number of hydrogen-bond donors (Lipinski definition) is 2. The van der Waals surface area contributed by atoms with Crippen molar-refractivity contribution >= 4 is 5.91 Å². The van der Waals surface area contributed by atoms with Crippen LogP contribution in [0.4, 0.5) is 0 Å². The summed E-state index contributed by atoms with van der Waals surface area (Å²) in [6, 6.07) is 1.82. The predicted octanol–water partition coefficient (Wildman–Crippen LogP) is 1.81. The number of nitrogens with two attached hydrogens (primary N) is 1. The minimum absolute atomic E-state index is 0.304. The Morgan fingerprint density at radius 1 is 1.35 bits per heavy atom. The number of nitrogens with one attached hydrogen (secondary N) is 1. The Labute approximate surface area is 119 Å². The van der Waals surface area contributed by atoms with Crippen LogP contribution in [0.15, 0.2) is 10.5 Å². The highest BCUT2D eigenvalue weighted by Gasteiger charge is 2.29. The number of nitrogen functional groups attached to an aromatic ring is 1. The van der Waals surface area contributed by atoms with Crippen molar-refractivity contribution < 1.29 is 9.21 Å². The second kappa shape index (κ2) is 5.58. The SMILES string of the molecule is Cc1oc(C(=O)NN)cc1CN(CC1CC1)CC1CC1. The molecular formula is C15H23N3O2. The Hall–Kier alpha value is -1.33. The quantitative estimate of drug-likeness (QED) is 0.453. The van der Waals surface area contributed by atoms with Crippen molar-refractivity contribution in [3.05, 3.63) is 23.2 Å². The van der Waals surface area contributed by atoms with E-state index in [1.54, 1.807) is 0 Å². The second-order valence-electron chi connectivity index (χ2n) is 6.25. The van der Waals surface area contributed by atoms with Crippen molar-refractivity contribution in [2.45, 2.75) is 39.2 Å². The molecule has 3 N–H and O–H groups in total. The molecule has 3 rings (SSSR count). The van der Waals surface area contributed by atoms with Gasteiger partial charge in [0.1, 0.15) is 5.76 Å². The average Bonchev–Trinajstić information content (AvgIpc) is 3.33. The first-order valence-electron chi connectivity index (χ1n) is 7.48. The predicted molar refractivity (Wildman–Crippen MR) is 75.8 cm³/mol. The molecule has 2 aliphatic rings. The molecule has 0 spiro atoms. The monoisotopic (exact) mass is 277 g/mol. The smallest absolute Gasteiger partial charge is 0.300 e. The van der Waals surface area contributed by atoms with Gasteiger partial charge in [-0.25, -0.2) is 5.84 Å². The summed E-state index contributed by atoms with van der Waals surface area (Å²) in [6.45, 7) is 5.15. The number of rotatable bonds is 7. The third kappa shape index (κ3) is 3.41. The highest BCUT2D eigenvalue weighted by Crippen LogP contribution is 2.34. The zero-order valence-electron chi connectivity index (χ0n) is 12.0. The lowest BCUT2D eigenvalue weighted by atomic mass is 10.2. The van der Waals surface area contributed by atoms with Gasteiger partial charge in [0, 0.05) is 25.2 Å². The van der Waals surface area contributed by atoms with Crippen molar-refractivity contribution in [2.75, 3.05) is 13.1 Å². The molecular weight excluding hydrogens is 254 g/mol. The summed E-state index contributed by atoms with van der Waals surface area (Å²) >= 11 is 0. The van der Waals surface area contributed by atoms with Crippen LogP contribution in [-0.4, -0.2) is 23.9 Å². The van der Waals surface area contributed by atoms with E-state index in [1.807, 2.05) is 13.0 Å². The number of aryl methyl sites for hydroxylation is 1. The van der Waals surface area contributed by atoms with Crippen molar-refractivity contribution in [3.63, 3.8) is 0 Å². The fourth-order valence-corrected chi connectivity index (χ4v) is 2.64. The first-order chi connectivity index (χ1) is 9.65. The van der Waals surface area contributed by atoms with Crippen LogP contribution in [0.25, 0.3) is 0 Å². The third-order valence-corrected chi connectivity index (χ3v) is 4.20. The number of hydrogen-bond acceptors (Lipinski definition) is 4. The summed E-state index contributed by atoms with van der Waals surface area (Å²) in [5.74, 6) is 7.67. The zero-order valence-corrected chi connectivity index (χ0v) is 12.0. The van der Waals surface area contributed by atoms with Gasteiger partial charge in [0.15, 0.2) is 5.76 Å². The highest BCUT2D eigenvalue weighted by atomic mass is 16.4. The molecule has 0 saturated heterocycles. The minimum atomic E-state index is -0.365. The standard InChI is InChI=1S/C15H23N3O2/c1-10-13(6-14(20-10)15(19)17-16)9-18(7-11-2-3-11)8-12-4-5-12/h6,11-12H,2-5,7-9,16H2,1H3,(H,17,19). The number of carbonyl (C=O) groups excluding carboxylic acids is 1.